The van der Waals surface area contributed by atoms with Crippen LogP contribution in [-0.2, 0) is 0 Å². The molecule has 0 aliphatic carbocycles. The van der Waals surface area contributed by atoms with Crippen molar-refractivity contribution in [2.24, 2.45) is 0 Å². The molecule has 9 aromatic rings. The van der Waals surface area contributed by atoms with Crippen LogP contribution in [0.5, 0.6) is 0 Å². The molecule has 0 aliphatic rings. The first kappa shape index (κ1) is 24.1. The highest BCUT2D eigenvalue weighted by Crippen LogP contribution is 2.37. The van der Waals surface area contributed by atoms with Gasteiger partial charge in [0, 0.05) is 49.9 Å². The van der Waals surface area contributed by atoms with Crippen molar-refractivity contribution < 1.29 is 0 Å². The van der Waals surface area contributed by atoms with E-state index in [0.717, 1.165) is 61.7 Å². The second-order valence-electron chi connectivity index (χ2n) is 10.6. The van der Waals surface area contributed by atoms with Crippen LogP contribution in [0.2, 0.25) is 0 Å². The summed E-state index contributed by atoms with van der Waals surface area (Å²) in [5.41, 5.74) is 8.20. The zero-order valence-corrected chi connectivity index (χ0v) is 23.7. The minimum Gasteiger partial charge on any atom is -0.292 e. The molecule has 6 heteroatoms. The maximum Gasteiger partial charge on any atom is 0.147 e. The van der Waals surface area contributed by atoms with Crippen LogP contribution in [0.25, 0.3) is 77.9 Å². The predicted molar refractivity (Wildman–Crippen MR) is 177 cm³/mol. The van der Waals surface area contributed by atoms with Crippen molar-refractivity contribution in [3.05, 3.63) is 138 Å². The van der Waals surface area contributed by atoms with Crippen molar-refractivity contribution in [2.45, 2.75) is 0 Å². The third kappa shape index (κ3) is 3.74. The van der Waals surface area contributed by atoms with Crippen molar-refractivity contribution in [3.63, 3.8) is 0 Å². The SMILES string of the molecule is c1ccc(-n2c(-c3ccc(-c4cccc(-n5c6cscc6c6c7ccccc7cnc65)n4)cc3)nc3ccccc32)cc1. The summed E-state index contributed by atoms with van der Waals surface area (Å²) in [5, 5.41) is 9.14. The average Bonchev–Trinajstić information content (AvgIpc) is 3.78. The number of hydrogen-bond donors (Lipinski definition) is 0. The summed E-state index contributed by atoms with van der Waals surface area (Å²) in [7, 11) is 0. The largest absolute Gasteiger partial charge is 0.292 e. The van der Waals surface area contributed by atoms with E-state index in [9.17, 15) is 0 Å². The van der Waals surface area contributed by atoms with E-state index in [-0.39, 0.29) is 0 Å². The number of para-hydroxylation sites is 3. The molecule has 0 N–H and O–H groups in total. The van der Waals surface area contributed by atoms with Crippen molar-refractivity contribution >= 4 is 55.1 Å². The topological polar surface area (TPSA) is 48.5 Å². The number of pyridine rings is 2. The van der Waals surface area contributed by atoms with Gasteiger partial charge in [0.15, 0.2) is 0 Å². The van der Waals surface area contributed by atoms with E-state index in [1.807, 2.05) is 18.3 Å². The standard InChI is InChI=1S/C37H23N5S/c1-2-10-27(11-3-1)41-32-15-7-6-13-31(32)40-36(41)25-19-17-24(18-20-25)30-14-8-16-34(39-30)42-33-23-43-22-29(33)35-28-12-5-4-9-26(28)21-38-37(35)42/h1-23H. The van der Waals surface area contributed by atoms with Crippen molar-refractivity contribution in [3.8, 4) is 34.2 Å². The van der Waals surface area contributed by atoms with Crippen molar-refractivity contribution in [1.29, 1.82) is 0 Å². The van der Waals surface area contributed by atoms with Gasteiger partial charge in [-0.15, -0.1) is 11.3 Å². The molecule has 0 aliphatic heterocycles. The number of fused-ring (bicyclic) bond motifs is 6. The van der Waals surface area contributed by atoms with Gasteiger partial charge in [-0.25, -0.2) is 15.0 Å². The van der Waals surface area contributed by atoms with Crippen LogP contribution < -0.4 is 0 Å². The first-order valence-corrected chi connectivity index (χ1v) is 15.1. The van der Waals surface area contributed by atoms with Gasteiger partial charge in [-0.2, -0.15) is 0 Å². The highest BCUT2D eigenvalue weighted by molar-refractivity contribution is 7.09. The number of rotatable bonds is 4. The van der Waals surface area contributed by atoms with Gasteiger partial charge in [-0.05, 0) is 41.8 Å². The molecule has 0 amide bonds. The second-order valence-corrected chi connectivity index (χ2v) is 11.3. The molecule has 9 rings (SSSR count). The quantitative estimate of drug-likeness (QED) is 0.212. The van der Waals surface area contributed by atoms with Crippen LogP contribution in [0.1, 0.15) is 0 Å². The Hall–Kier alpha value is -5.59. The highest BCUT2D eigenvalue weighted by atomic mass is 32.1. The smallest absolute Gasteiger partial charge is 0.147 e. The molecule has 0 spiro atoms. The molecule has 5 nitrogen and oxygen atoms in total. The Bertz CT molecular complexity index is 2450. The lowest BCUT2D eigenvalue weighted by Gasteiger charge is -2.11. The molecule has 0 saturated heterocycles. The van der Waals surface area contributed by atoms with Gasteiger partial charge < -0.3 is 0 Å². The zero-order valence-electron chi connectivity index (χ0n) is 22.9. The Morgan fingerprint density at radius 3 is 2.26 bits per heavy atom. The summed E-state index contributed by atoms with van der Waals surface area (Å²) in [6.07, 6.45) is 1.96. The number of hydrogen-bond acceptors (Lipinski definition) is 4. The molecule has 5 heterocycles. The monoisotopic (exact) mass is 569 g/mol. The van der Waals surface area contributed by atoms with Crippen LogP contribution >= 0.6 is 11.3 Å². The molecule has 0 unspecified atom stereocenters. The van der Waals surface area contributed by atoms with Crippen molar-refractivity contribution in [1.82, 2.24) is 24.1 Å². The Labute approximate surface area is 251 Å². The second kappa shape index (κ2) is 9.48. The molecule has 0 bridgehead atoms. The lowest BCUT2D eigenvalue weighted by Crippen LogP contribution is -1.99. The number of nitrogens with zero attached hydrogens (tertiary/aromatic N) is 5. The van der Waals surface area contributed by atoms with Crippen LogP contribution in [0.3, 0.4) is 0 Å². The Morgan fingerprint density at radius 2 is 1.35 bits per heavy atom. The van der Waals surface area contributed by atoms with Gasteiger partial charge >= 0.3 is 0 Å². The summed E-state index contributed by atoms with van der Waals surface area (Å²) < 4.78 is 4.41. The van der Waals surface area contributed by atoms with Gasteiger partial charge in [-0.1, -0.05) is 84.9 Å². The molecule has 0 fully saturated rings. The number of imidazole rings is 1. The lowest BCUT2D eigenvalue weighted by atomic mass is 10.1. The van der Waals surface area contributed by atoms with E-state index >= 15 is 0 Å². The Morgan fingerprint density at radius 1 is 0.558 bits per heavy atom. The fourth-order valence-corrected chi connectivity index (χ4v) is 6.95. The molecular formula is C37H23N5S. The molecule has 0 radical (unpaired) electrons. The van der Waals surface area contributed by atoms with Gasteiger partial charge in [0.25, 0.3) is 0 Å². The summed E-state index contributed by atoms with van der Waals surface area (Å²) >= 11 is 1.71. The number of thiophene rings is 1. The van der Waals surface area contributed by atoms with Crippen LogP contribution in [0, 0.1) is 0 Å². The minimum atomic E-state index is 0.855. The third-order valence-electron chi connectivity index (χ3n) is 8.12. The maximum absolute atomic E-state index is 5.15. The number of aromatic nitrogens is 5. The molecular weight excluding hydrogens is 547 g/mol. The summed E-state index contributed by atoms with van der Waals surface area (Å²) in [4.78, 5) is 15.1. The summed E-state index contributed by atoms with van der Waals surface area (Å²) in [5.74, 6) is 1.77. The first-order chi connectivity index (χ1) is 21.3. The molecule has 4 aromatic carbocycles. The Kier molecular flexibility index (Phi) is 5.30. The summed E-state index contributed by atoms with van der Waals surface area (Å²) in [6.45, 7) is 0. The van der Waals surface area contributed by atoms with Gasteiger partial charge in [0.1, 0.15) is 17.3 Å². The normalized spacial score (nSPS) is 11.7. The molecule has 5 aromatic heterocycles. The zero-order chi connectivity index (χ0) is 28.3. The van der Waals surface area contributed by atoms with Crippen LogP contribution in [0.15, 0.2) is 138 Å². The van der Waals surface area contributed by atoms with Crippen LogP contribution in [-0.4, -0.2) is 24.1 Å². The third-order valence-corrected chi connectivity index (χ3v) is 8.85. The highest BCUT2D eigenvalue weighted by Gasteiger charge is 2.18. The van der Waals surface area contributed by atoms with Gasteiger partial charge in [-0.3, -0.25) is 9.13 Å². The van der Waals surface area contributed by atoms with Crippen molar-refractivity contribution in [2.75, 3.05) is 0 Å². The summed E-state index contributed by atoms with van der Waals surface area (Å²) in [6, 6.07) is 41.9. The Balaban J connectivity index is 1.15. The van der Waals surface area contributed by atoms with E-state index in [4.69, 9.17) is 15.0 Å². The van der Waals surface area contributed by atoms with Gasteiger partial charge in [0.05, 0.1) is 22.2 Å². The van der Waals surface area contributed by atoms with E-state index in [1.165, 1.54) is 16.2 Å². The molecule has 43 heavy (non-hydrogen) atoms. The predicted octanol–water partition coefficient (Wildman–Crippen LogP) is 9.46. The fraction of sp³-hybridized carbons (Fsp3) is 0. The molecule has 0 atom stereocenters. The number of benzene rings is 4. The minimum absolute atomic E-state index is 0.855. The van der Waals surface area contributed by atoms with E-state index in [1.54, 1.807) is 11.3 Å². The van der Waals surface area contributed by atoms with Crippen LogP contribution in [0.4, 0.5) is 0 Å². The van der Waals surface area contributed by atoms with E-state index in [0.29, 0.717) is 0 Å². The van der Waals surface area contributed by atoms with E-state index < -0.39 is 0 Å². The molecule has 0 saturated carbocycles. The van der Waals surface area contributed by atoms with E-state index in [2.05, 4.69) is 129 Å². The molecule has 202 valence electrons. The average molecular weight is 570 g/mol. The first-order valence-electron chi connectivity index (χ1n) is 14.2. The fourth-order valence-electron chi connectivity index (χ4n) is 6.14. The maximum atomic E-state index is 5.15. The van der Waals surface area contributed by atoms with Gasteiger partial charge in [0.2, 0.25) is 0 Å². The lowest BCUT2D eigenvalue weighted by molar-refractivity contribution is 1.06.